The molecular weight excluding hydrogens is 528 g/mol. The van der Waals surface area contributed by atoms with Crippen molar-refractivity contribution >= 4 is 40.5 Å². The van der Waals surface area contributed by atoms with E-state index in [1.165, 1.54) is 18.2 Å². The first-order chi connectivity index (χ1) is 19.1. The number of benzene rings is 3. The second kappa shape index (κ2) is 11.5. The van der Waals surface area contributed by atoms with Gasteiger partial charge in [0, 0.05) is 35.4 Å². The summed E-state index contributed by atoms with van der Waals surface area (Å²) >= 11 is 7.46. The number of carbonyl (C=O) groups excluding carboxylic acids is 1. The normalized spacial score (nSPS) is 16.5. The molecule has 6 rings (SSSR count). The Hall–Kier alpha value is -3.81. The average molecular weight is 555 g/mol. The van der Waals surface area contributed by atoms with Crippen molar-refractivity contribution in [1.82, 2.24) is 14.7 Å². The van der Waals surface area contributed by atoms with Crippen LogP contribution in [0.4, 0.5) is 0 Å². The Morgan fingerprint density at radius 3 is 2.54 bits per heavy atom. The SMILES string of the molecule is O=C1N=C(N2CCCCC2)S/C1=C\c1cn(-c2ccccc2)nc1-c1cccc(OCc2ccc(Cl)cc2)c1. The van der Waals surface area contributed by atoms with Gasteiger partial charge in [0.1, 0.15) is 18.1 Å². The summed E-state index contributed by atoms with van der Waals surface area (Å²) in [4.78, 5) is 20.1. The van der Waals surface area contributed by atoms with Gasteiger partial charge in [-0.3, -0.25) is 4.79 Å². The number of nitrogens with zero attached hydrogens (tertiary/aromatic N) is 4. The van der Waals surface area contributed by atoms with Crippen molar-refractivity contribution in [2.45, 2.75) is 25.9 Å². The van der Waals surface area contributed by atoms with Gasteiger partial charge in [-0.15, -0.1) is 0 Å². The van der Waals surface area contributed by atoms with E-state index in [-0.39, 0.29) is 5.91 Å². The van der Waals surface area contributed by atoms with Crippen LogP contribution in [0.5, 0.6) is 5.75 Å². The van der Waals surface area contributed by atoms with Crippen LogP contribution < -0.4 is 4.74 Å². The van der Waals surface area contributed by atoms with Gasteiger partial charge in [0.25, 0.3) is 5.91 Å². The summed E-state index contributed by atoms with van der Waals surface area (Å²) in [6, 6.07) is 25.4. The molecule has 0 radical (unpaired) electrons. The summed E-state index contributed by atoms with van der Waals surface area (Å²) in [5.74, 6) is 0.538. The van der Waals surface area contributed by atoms with E-state index in [2.05, 4.69) is 9.89 Å². The topological polar surface area (TPSA) is 59.7 Å². The van der Waals surface area contributed by atoms with Crippen LogP contribution in [0.1, 0.15) is 30.4 Å². The zero-order valence-corrected chi connectivity index (χ0v) is 22.9. The first-order valence-corrected chi connectivity index (χ1v) is 14.2. The number of thioether (sulfide) groups is 1. The third-order valence-electron chi connectivity index (χ3n) is 6.71. The summed E-state index contributed by atoms with van der Waals surface area (Å²) in [7, 11) is 0. The first kappa shape index (κ1) is 25.5. The zero-order valence-electron chi connectivity index (χ0n) is 21.3. The molecule has 0 spiro atoms. The maximum atomic E-state index is 12.9. The average Bonchev–Trinajstić information content (AvgIpc) is 3.57. The molecule has 0 N–H and O–H groups in total. The summed E-state index contributed by atoms with van der Waals surface area (Å²) in [5, 5.41) is 6.43. The van der Waals surface area contributed by atoms with Gasteiger partial charge in [0.15, 0.2) is 5.17 Å². The minimum atomic E-state index is -0.195. The number of hydrogen-bond donors (Lipinski definition) is 0. The lowest BCUT2D eigenvalue weighted by atomic mass is 10.1. The van der Waals surface area contributed by atoms with E-state index in [0.717, 1.165) is 64.9 Å². The Labute approximate surface area is 237 Å². The highest BCUT2D eigenvalue weighted by atomic mass is 35.5. The molecule has 1 saturated heterocycles. The molecule has 1 amide bonds. The Balaban J connectivity index is 1.30. The van der Waals surface area contributed by atoms with Crippen LogP contribution in [0.15, 0.2) is 95.0 Å². The molecule has 6 nitrogen and oxygen atoms in total. The van der Waals surface area contributed by atoms with Gasteiger partial charge in [-0.2, -0.15) is 10.1 Å². The molecule has 4 aromatic rings. The molecule has 1 fully saturated rings. The minimum Gasteiger partial charge on any atom is -0.489 e. The molecule has 1 aromatic heterocycles. The predicted octanol–water partition coefficient (Wildman–Crippen LogP) is 7.23. The third-order valence-corrected chi connectivity index (χ3v) is 8.01. The van der Waals surface area contributed by atoms with E-state index in [1.807, 2.05) is 95.8 Å². The second-order valence-electron chi connectivity index (χ2n) is 9.51. The van der Waals surface area contributed by atoms with Crippen molar-refractivity contribution in [3.8, 4) is 22.7 Å². The molecule has 3 aromatic carbocycles. The molecule has 3 heterocycles. The fraction of sp³-hybridized carbons (Fsp3) is 0.194. The van der Waals surface area contributed by atoms with Gasteiger partial charge >= 0.3 is 0 Å². The van der Waals surface area contributed by atoms with Crippen molar-refractivity contribution in [3.05, 3.63) is 106 Å². The van der Waals surface area contributed by atoms with E-state index in [0.29, 0.717) is 16.5 Å². The third kappa shape index (κ3) is 5.95. The van der Waals surface area contributed by atoms with E-state index >= 15 is 0 Å². The Bertz CT molecular complexity index is 1540. The molecule has 39 heavy (non-hydrogen) atoms. The maximum absolute atomic E-state index is 12.9. The molecular formula is C31H27ClN4O2S. The summed E-state index contributed by atoms with van der Waals surface area (Å²) < 4.78 is 7.93. The van der Waals surface area contributed by atoms with Crippen molar-refractivity contribution in [2.24, 2.45) is 4.99 Å². The maximum Gasteiger partial charge on any atom is 0.286 e. The Morgan fingerprint density at radius 2 is 1.74 bits per heavy atom. The van der Waals surface area contributed by atoms with Crippen LogP contribution in [0.3, 0.4) is 0 Å². The lowest BCUT2D eigenvalue weighted by molar-refractivity contribution is -0.113. The number of rotatable bonds is 6. The van der Waals surface area contributed by atoms with Gasteiger partial charge in [-0.25, -0.2) is 4.68 Å². The first-order valence-electron chi connectivity index (χ1n) is 13.0. The number of para-hydroxylation sites is 1. The van der Waals surface area contributed by atoms with Gasteiger partial charge in [0.05, 0.1) is 10.6 Å². The fourth-order valence-electron chi connectivity index (χ4n) is 4.67. The van der Waals surface area contributed by atoms with E-state index < -0.39 is 0 Å². The highest BCUT2D eigenvalue weighted by Gasteiger charge is 2.27. The lowest BCUT2D eigenvalue weighted by Gasteiger charge is -2.27. The molecule has 0 bridgehead atoms. The molecule has 196 valence electrons. The van der Waals surface area contributed by atoms with Crippen LogP contribution in [-0.4, -0.2) is 38.8 Å². The summed E-state index contributed by atoms with van der Waals surface area (Å²) in [5.41, 5.74) is 4.49. The fourth-order valence-corrected chi connectivity index (χ4v) is 5.75. The zero-order chi connectivity index (χ0) is 26.6. The van der Waals surface area contributed by atoms with Crippen LogP contribution in [-0.2, 0) is 11.4 Å². The quantitative estimate of drug-likeness (QED) is 0.235. The van der Waals surface area contributed by atoms with Crippen LogP contribution >= 0.6 is 23.4 Å². The number of likely N-dealkylation sites (tertiary alicyclic amines) is 1. The number of aromatic nitrogens is 2. The number of piperidine rings is 1. The number of carbonyl (C=O) groups is 1. The molecule has 8 heteroatoms. The largest absolute Gasteiger partial charge is 0.489 e. The highest BCUT2D eigenvalue weighted by molar-refractivity contribution is 8.18. The lowest BCUT2D eigenvalue weighted by Crippen LogP contribution is -2.33. The molecule has 0 saturated carbocycles. The van der Waals surface area contributed by atoms with E-state index in [4.69, 9.17) is 21.4 Å². The second-order valence-corrected chi connectivity index (χ2v) is 11.0. The van der Waals surface area contributed by atoms with E-state index in [1.54, 1.807) is 0 Å². The summed E-state index contributed by atoms with van der Waals surface area (Å²) in [6.07, 6.45) is 7.38. The molecule has 0 atom stereocenters. The van der Waals surface area contributed by atoms with Crippen molar-refractivity contribution in [3.63, 3.8) is 0 Å². The number of ether oxygens (including phenoxy) is 1. The highest BCUT2D eigenvalue weighted by Crippen LogP contribution is 2.34. The monoisotopic (exact) mass is 554 g/mol. The minimum absolute atomic E-state index is 0.195. The van der Waals surface area contributed by atoms with Gasteiger partial charge in [0.2, 0.25) is 0 Å². The Kier molecular flexibility index (Phi) is 7.52. The number of hydrogen-bond acceptors (Lipinski definition) is 5. The number of amides is 1. The van der Waals surface area contributed by atoms with Crippen molar-refractivity contribution in [2.75, 3.05) is 13.1 Å². The van der Waals surface area contributed by atoms with Gasteiger partial charge in [-0.05, 0) is 79.1 Å². The Morgan fingerprint density at radius 1 is 0.949 bits per heavy atom. The van der Waals surface area contributed by atoms with Crippen LogP contribution in [0.2, 0.25) is 5.02 Å². The molecule has 0 unspecified atom stereocenters. The molecule has 2 aliphatic rings. The molecule has 2 aliphatic heterocycles. The predicted molar refractivity (Wildman–Crippen MR) is 158 cm³/mol. The van der Waals surface area contributed by atoms with Crippen LogP contribution in [0, 0.1) is 0 Å². The number of aliphatic imine (C=N–C) groups is 1. The smallest absolute Gasteiger partial charge is 0.286 e. The van der Waals surface area contributed by atoms with E-state index in [9.17, 15) is 4.79 Å². The van der Waals surface area contributed by atoms with Gasteiger partial charge in [-0.1, -0.05) is 54.1 Å². The molecule has 0 aliphatic carbocycles. The number of amidine groups is 1. The number of halogens is 1. The van der Waals surface area contributed by atoms with Crippen molar-refractivity contribution < 1.29 is 9.53 Å². The van der Waals surface area contributed by atoms with Gasteiger partial charge < -0.3 is 9.64 Å². The summed E-state index contributed by atoms with van der Waals surface area (Å²) in [6.45, 7) is 2.33. The van der Waals surface area contributed by atoms with Crippen LogP contribution in [0.25, 0.3) is 23.0 Å². The van der Waals surface area contributed by atoms with Crippen molar-refractivity contribution in [1.29, 1.82) is 0 Å². The standard InChI is InChI=1S/C31H27ClN4O2S/c32-25-14-12-22(13-15-25)21-38-27-11-7-8-23(18-27)29-24(20-36(34-29)26-9-3-1-4-10-26)19-28-30(37)33-31(39-28)35-16-5-2-6-17-35/h1,3-4,7-15,18-20H,2,5-6,16-17,21H2/b28-19-.